The van der Waals surface area contributed by atoms with Crippen molar-refractivity contribution in [3.8, 4) is 0 Å². The number of nitrogens with zero attached hydrogens (tertiary/aromatic N) is 1. The van der Waals surface area contributed by atoms with Crippen LogP contribution in [0.3, 0.4) is 0 Å². The molecule has 98 valence electrons. The van der Waals surface area contributed by atoms with Gasteiger partial charge in [0.15, 0.2) is 0 Å². The fourth-order valence-corrected chi connectivity index (χ4v) is 3.35. The molecule has 0 saturated carbocycles. The molecule has 0 aliphatic carbocycles. The lowest BCUT2D eigenvalue weighted by molar-refractivity contribution is -0.149. The molecule has 1 N–H and O–H groups in total. The van der Waals surface area contributed by atoms with Gasteiger partial charge in [0.05, 0.1) is 18.6 Å². The van der Waals surface area contributed by atoms with E-state index in [0.29, 0.717) is 6.54 Å². The molecule has 0 aromatic carbocycles. The summed E-state index contributed by atoms with van der Waals surface area (Å²) in [5, 5.41) is 9.30. The normalized spacial score (nSPS) is 41.6. The van der Waals surface area contributed by atoms with E-state index in [4.69, 9.17) is 4.74 Å². The van der Waals surface area contributed by atoms with Gasteiger partial charge in [-0.05, 0) is 20.8 Å². The first kappa shape index (κ1) is 11.7. The molecule has 3 aliphatic rings. The predicted octanol–water partition coefficient (Wildman–Crippen LogP) is 0.651. The third kappa shape index (κ3) is 1.25. The van der Waals surface area contributed by atoms with E-state index in [0.717, 1.165) is 0 Å². The van der Waals surface area contributed by atoms with E-state index >= 15 is 0 Å². The Morgan fingerprint density at radius 3 is 2.78 bits per heavy atom. The van der Waals surface area contributed by atoms with Crippen LogP contribution < -0.4 is 0 Å². The standard InChI is InChI=1S/C13H17NO4/c1-12(2,3)14-6-13-5-4-7(18-13)8(11(16)17)9(13)10(14)15/h4-5,7-9H,6H2,1-3H3,(H,16,17)/t7-,8+,9+,13-/m0/s1. The molecule has 0 unspecified atom stereocenters. The van der Waals surface area contributed by atoms with Crippen molar-refractivity contribution in [3.63, 3.8) is 0 Å². The third-order valence-electron chi connectivity index (χ3n) is 4.20. The van der Waals surface area contributed by atoms with Gasteiger partial charge < -0.3 is 14.7 Å². The van der Waals surface area contributed by atoms with Crippen molar-refractivity contribution in [2.45, 2.75) is 38.0 Å². The van der Waals surface area contributed by atoms with E-state index in [9.17, 15) is 14.7 Å². The van der Waals surface area contributed by atoms with Gasteiger partial charge in [-0.15, -0.1) is 0 Å². The maximum absolute atomic E-state index is 12.5. The molecule has 3 aliphatic heterocycles. The molecule has 0 radical (unpaired) electrons. The zero-order valence-corrected chi connectivity index (χ0v) is 10.7. The second kappa shape index (κ2) is 3.15. The molecular formula is C13H17NO4. The maximum atomic E-state index is 12.5. The number of hydrogen-bond donors (Lipinski definition) is 1. The molecule has 18 heavy (non-hydrogen) atoms. The Hall–Kier alpha value is -1.36. The highest BCUT2D eigenvalue weighted by Crippen LogP contribution is 2.52. The van der Waals surface area contributed by atoms with Crippen LogP contribution in [-0.4, -0.2) is 45.7 Å². The number of aliphatic carboxylic acids is 1. The molecule has 3 rings (SSSR count). The summed E-state index contributed by atoms with van der Waals surface area (Å²) in [6.07, 6.45) is 3.22. The third-order valence-corrected chi connectivity index (χ3v) is 4.20. The van der Waals surface area contributed by atoms with Crippen LogP contribution in [0.25, 0.3) is 0 Å². The van der Waals surface area contributed by atoms with Crippen LogP contribution in [0, 0.1) is 11.8 Å². The number of carboxylic acid groups (broad SMARTS) is 1. The fourth-order valence-electron chi connectivity index (χ4n) is 3.35. The number of likely N-dealkylation sites (tertiary alicyclic amines) is 1. The number of amides is 1. The first-order valence-corrected chi connectivity index (χ1v) is 6.18. The van der Waals surface area contributed by atoms with E-state index in [2.05, 4.69) is 0 Å². The van der Waals surface area contributed by atoms with Crippen LogP contribution in [0.2, 0.25) is 0 Å². The zero-order chi connectivity index (χ0) is 13.3. The first-order chi connectivity index (χ1) is 8.26. The summed E-state index contributed by atoms with van der Waals surface area (Å²) in [7, 11) is 0. The number of carbonyl (C=O) groups is 2. The van der Waals surface area contributed by atoms with Gasteiger partial charge >= 0.3 is 5.97 Å². The average molecular weight is 251 g/mol. The molecule has 0 aromatic heterocycles. The van der Waals surface area contributed by atoms with E-state index < -0.39 is 29.5 Å². The number of fused-ring (bicyclic) bond motifs is 1. The Bertz CT molecular complexity index is 464. The minimum atomic E-state index is -0.944. The van der Waals surface area contributed by atoms with E-state index in [-0.39, 0.29) is 11.4 Å². The van der Waals surface area contributed by atoms with E-state index in [1.54, 1.807) is 11.0 Å². The molecule has 2 fully saturated rings. The predicted molar refractivity (Wildman–Crippen MR) is 62.8 cm³/mol. The van der Waals surface area contributed by atoms with Gasteiger partial charge in [0, 0.05) is 5.54 Å². The van der Waals surface area contributed by atoms with Crippen LogP contribution in [0.1, 0.15) is 20.8 Å². The smallest absolute Gasteiger partial charge is 0.310 e. The van der Waals surface area contributed by atoms with Crippen LogP contribution in [0.15, 0.2) is 12.2 Å². The van der Waals surface area contributed by atoms with Gasteiger partial charge in [-0.25, -0.2) is 0 Å². The van der Waals surface area contributed by atoms with Gasteiger partial charge in [0.1, 0.15) is 11.5 Å². The topological polar surface area (TPSA) is 66.8 Å². The first-order valence-electron chi connectivity index (χ1n) is 6.18. The lowest BCUT2D eigenvalue weighted by Crippen LogP contribution is -2.45. The zero-order valence-electron chi connectivity index (χ0n) is 10.7. The molecule has 0 aromatic rings. The van der Waals surface area contributed by atoms with Gasteiger partial charge in [-0.1, -0.05) is 12.2 Å². The van der Waals surface area contributed by atoms with Crippen molar-refractivity contribution >= 4 is 11.9 Å². The Labute approximate surface area is 105 Å². The van der Waals surface area contributed by atoms with Crippen LogP contribution in [0.4, 0.5) is 0 Å². The lowest BCUT2D eigenvalue weighted by atomic mass is 9.77. The van der Waals surface area contributed by atoms with Crippen LogP contribution in [-0.2, 0) is 14.3 Å². The molecule has 2 bridgehead atoms. The quantitative estimate of drug-likeness (QED) is 0.695. The van der Waals surface area contributed by atoms with Crippen molar-refractivity contribution in [1.29, 1.82) is 0 Å². The summed E-state index contributed by atoms with van der Waals surface area (Å²) in [6, 6.07) is 0. The fraction of sp³-hybridized carbons (Fsp3) is 0.692. The summed E-state index contributed by atoms with van der Waals surface area (Å²) in [5.74, 6) is -2.35. The molecule has 2 saturated heterocycles. The van der Waals surface area contributed by atoms with Gasteiger partial charge in [-0.3, -0.25) is 9.59 Å². The minimum Gasteiger partial charge on any atom is -0.481 e. The van der Waals surface area contributed by atoms with Gasteiger partial charge in [-0.2, -0.15) is 0 Å². The molecular weight excluding hydrogens is 234 g/mol. The Balaban J connectivity index is 2.02. The summed E-state index contributed by atoms with van der Waals surface area (Å²) in [4.78, 5) is 25.6. The van der Waals surface area contributed by atoms with Crippen molar-refractivity contribution in [1.82, 2.24) is 4.90 Å². The molecule has 3 heterocycles. The second-order valence-corrected chi connectivity index (χ2v) is 6.33. The number of rotatable bonds is 1. The largest absolute Gasteiger partial charge is 0.481 e. The molecule has 5 heteroatoms. The summed E-state index contributed by atoms with van der Waals surface area (Å²) < 4.78 is 5.80. The number of ether oxygens (including phenoxy) is 1. The minimum absolute atomic E-state index is 0.0956. The Kier molecular flexibility index (Phi) is 2.05. The number of carboxylic acids is 1. The van der Waals surface area contributed by atoms with Crippen molar-refractivity contribution in [2.24, 2.45) is 11.8 Å². The molecule has 1 spiro atoms. The summed E-state index contributed by atoms with van der Waals surface area (Å²) in [6.45, 7) is 6.31. The van der Waals surface area contributed by atoms with E-state index in [1.165, 1.54) is 0 Å². The highest BCUT2D eigenvalue weighted by molar-refractivity contribution is 5.91. The van der Waals surface area contributed by atoms with Gasteiger partial charge in [0.25, 0.3) is 0 Å². The number of carbonyl (C=O) groups excluding carboxylic acids is 1. The summed E-state index contributed by atoms with van der Waals surface area (Å²) in [5.41, 5.74) is -1.02. The molecule has 5 nitrogen and oxygen atoms in total. The molecule has 4 atom stereocenters. The average Bonchev–Trinajstić information content (AvgIpc) is 2.85. The van der Waals surface area contributed by atoms with Crippen LogP contribution in [0.5, 0.6) is 0 Å². The highest BCUT2D eigenvalue weighted by atomic mass is 16.5. The van der Waals surface area contributed by atoms with Gasteiger partial charge in [0.2, 0.25) is 5.91 Å². The lowest BCUT2D eigenvalue weighted by Gasteiger charge is -2.33. The van der Waals surface area contributed by atoms with Crippen molar-refractivity contribution in [2.75, 3.05) is 6.54 Å². The molecule has 1 amide bonds. The Morgan fingerprint density at radius 1 is 1.56 bits per heavy atom. The second-order valence-electron chi connectivity index (χ2n) is 6.33. The summed E-state index contributed by atoms with van der Waals surface area (Å²) >= 11 is 0. The highest BCUT2D eigenvalue weighted by Gasteiger charge is 2.67. The maximum Gasteiger partial charge on any atom is 0.310 e. The Morgan fingerprint density at radius 2 is 2.22 bits per heavy atom. The van der Waals surface area contributed by atoms with Crippen molar-refractivity contribution < 1.29 is 19.4 Å². The number of hydrogen-bond acceptors (Lipinski definition) is 3. The van der Waals surface area contributed by atoms with Crippen LogP contribution >= 0.6 is 0 Å². The SMILES string of the molecule is CC(C)(C)N1C[C@]23C=C[C@H](O2)[C@@H](C(=O)O)[C@@H]3C1=O. The monoisotopic (exact) mass is 251 g/mol. The van der Waals surface area contributed by atoms with Crippen molar-refractivity contribution in [3.05, 3.63) is 12.2 Å². The van der Waals surface area contributed by atoms with E-state index in [1.807, 2.05) is 26.8 Å².